The topological polar surface area (TPSA) is 31.4 Å². The lowest BCUT2D eigenvalue weighted by Gasteiger charge is -2.38. The largest absolute Gasteiger partial charge is 0.360 e. The summed E-state index contributed by atoms with van der Waals surface area (Å²) in [6, 6.07) is 6.74. The second-order valence-corrected chi connectivity index (χ2v) is 7.28. The molecule has 2 aliphatic carbocycles. The highest BCUT2D eigenvalue weighted by Gasteiger charge is 2.40. The van der Waals surface area contributed by atoms with E-state index in [1.54, 1.807) is 0 Å². The molecule has 2 bridgehead atoms. The average Bonchev–Trinajstić information content (AvgIpc) is 3.19. The average molecular weight is 316 g/mol. The van der Waals surface area contributed by atoms with Crippen molar-refractivity contribution in [3.05, 3.63) is 24.4 Å². The highest BCUT2D eigenvalue weighted by Crippen LogP contribution is 2.44. The zero-order chi connectivity index (χ0) is 14.9. The van der Waals surface area contributed by atoms with E-state index in [0.717, 1.165) is 48.9 Å². The number of piperazine rings is 1. The molecule has 5 heteroatoms. The molecule has 3 fully saturated rings. The Labute approximate surface area is 137 Å². The molecule has 4 rings (SSSR count). The Balaban J connectivity index is 1.29. The van der Waals surface area contributed by atoms with Crippen LogP contribution in [-0.2, 0) is 0 Å². The van der Waals surface area contributed by atoms with Crippen LogP contribution in [0.15, 0.2) is 24.4 Å². The van der Waals surface area contributed by atoms with Gasteiger partial charge in [0.15, 0.2) is 5.11 Å². The fourth-order valence-electron chi connectivity index (χ4n) is 4.35. The molecule has 1 aromatic rings. The fraction of sp³-hybridized carbons (Fsp3) is 0.647. The van der Waals surface area contributed by atoms with Gasteiger partial charge in [0.1, 0.15) is 5.82 Å². The molecule has 3 aliphatic rings. The Kier molecular flexibility index (Phi) is 3.90. The van der Waals surface area contributed by atoms with Gasteiger partial charge in [-0.25, -0.2) is 4.98 Å². The molecule has 0 amide bonds. The Morgan fingerprint density at radius 1 is 1.14 bits per heavy atom. The first-order valence-electron chi connectivity index (χ1n) is 8.51. The quantitative estimate of drug-likeness (QED) is 0.846. The molecule has 1 aliphatic heterocycles. The van der Waals surface area contributed by atoms with Crippen LogP contribution in [0.3, 0.4) is 0 Å². The van der Waals surface area contributed by atoms with E-state index in [9.17, 15) is 0 Å². The molecule has 3 atom stereocenters. The van der Waals surface area contributed by atoms with Gasteiger partial charge < -0.3 is 15.1 Å². The zero-order valence-electron chi connectivity index (χ0n) is 12.9. The van der Waals surface area contributed by atoms with Crippen molar-refractivity contribution in [1.82, 2.24) is 15.2 Å². The Bertz CT molecular complexity index is 527. The molecular weight excluding hydrogens is 292 g/mol. The number of hydrogen-bond acceptors (Lipinski definition) is 3. The van der Waals surface area contributed by atoms with Gasteiger partial charge in [-0.1, -0.05) is 12.5 Å². The summed E-state index contributed by atoms with van der Waals surface area (Å²) < 4.78 is 0. The summed E-state index contributed by atoms with van der Waals surface area (Å²) in [7, 11) is 0. The van der Waals surface area contributed by atoms with E-state index < -0.39 is 0 Å². The van der Waals surface area contributed by atoms with Crippen molar-refractivity contribution in [1.29, 1.82) is 0 Å². The molecule has 0 unspecified atom stereocenters. The van der Waals surface area contributed by atoms with Gasteiger partial charge in [-0.2, -0.15) is 0 Å². The summed E-state index contributed by atoms with van der Waals surface area (Å²) in [6.45, 7) is 3.97. The first kappa shape index (κ1) is 14.2. The van der Waals surface area contributed by atoms with Crippen molar-refractivity contribution in [2.45, 2.75) is 31.7 Å². The number of anilines is 1. The molecule has 118 valence electrons. The smallest absolute Gasteiger partial charge is 0.169 e. The van der Waals surface area contributed by atoms with Crippen LogP contribution < -0.4 is 10.2 Å². The van der Waals surface area contributed by atoms with E-state index in [1.165, 1.54) is 25.7 Å². The molecule has 1 N–H and O–H groups in total. The first-order chi connectivity index (χ1) is 10.8. The van der Waals surface area contributed by atoms with Crippen molar-refractivity contribution < 1.29 is 0 Å². The maximum absolute atomic E-state index is 5.66. The van der Waals surface area contributed by atoms with Crippen LogP contribution >= 0.6 is 12.2 Å². The minimum Gasteiger partial charge on any atom is -0.360 e. The summed E-state index contributed by atoms with van der Waals surface area (Å²) >= 11 is 5.66. The number of aromatic nitrogens is 1. The van der Waals surface area contributed by atoms with E-state index in [0.29, 0.717) is 6.04 Å². The highest BCUT2D eigenvalue weighted by atomic mass is 32.1. The standard InChI is InChI=1S/C17H24N4S/c22-17(19-15-12-13-4-5-14(15)11-13)21-9-7-20(8-10-21)16-3-1-2-6-18-16/h1-3,6,13-15H,4-5,7-12H2,(H,19,22)/t13-,14+,15+/m0/s1. The Hall–Kier alpha value is -1.36. The summed E-state index contributed by atoms with van der Waals surface area (Å²) in [5, 5.41) is 4.63. The molecule has 2 saturated carbocycles. The van der Waals surface area contributed by atoms with Gasteiger partial charge in [-0.3, -0.25) is 0 Å². The highest BCUT2D eigenvalue weighted by molar-refractivity contribution is 7.80. The summed E-state index contributed by atoms with van der Waals surface area (Å²) in [4.78, 5) is 9.12. The second kappa shape index (κ2) is 6.03. The van der Waals surface area contributed by atoms with Crippen LogP contribution in [0.1, 0.15) is 25.7 Å². The SMILES string of the molecule is S=C(N[C@@H]1C[C@H]2CC[C@@H]1C2)N1CCN(c2ccccn2)CC1. The third-order valence-electron chi connectivity index (χ3n) is 5.59. The summed E-state index contributed by atoms with van der Waals surface area (Å²) in [6.07, 6.45) is 7.46. The molecule has 2 heterocycles. The third kappa shape index (κ3) is 2.78. The normalized spacial score (nSPS) is 30.6. The fourth-order valence-corrected chi connectivity index (χ4v) is 4.68. The summed E-state index contributed by atoms with van der Waals surface area (Å²) in [5.41, 5.74) is 0. The van der Waals surface area contributed by atoms with Gasteiger partial charge in [-0.05, 0) is 55.4 Å². The van der Waals surface area contributed by atoms with Crippen molar-refractivity contribution in [2.24, 2.45) is 11.8 Å². The summed E-state index contributed by atoms with van der Waals surface area (Å²) in [5.74, 6) is 2.91. The number of thiocarbonyl (C=S) groups is 1. The second-order valence-electron chi connectivity index (χ2n) is 6.89. The van der Waals surface area contributed by atoms with Crippen molar-refractivity contribution in [2.75, 3.05) is 31.1 Å². The van der Waals surface area contributed by atoms with E-state index in [1.807, 2.05) is 12.3 Å². The number of nitrogens with zero attached hydrogens (tertiary/aromatic N) is 3. The van der Waals surface area contributed by atoms with Crippen LogP contribution in [-0.4, -0.2) is 47.2 Å². The van der Waals surface area contributed by atoms with Crippen molar-refractivity contribution in [3.8, 4) is 0 Å². The lowest BCUT2D eigenvalue weighted by molar-refractivity contribution is 0.345. The van der Waals surface area contributed by atoms with Gasteiger partial charge in [0.25, 0.3) is 0 Å². The monoisotopic (exact) mass is 316 g/mol. The maximum Gasteiger partial charge on any atom is 0.169 e. The van der Waals surface area contributed by atoms with Crippen LogP contribution in [0.25, 0.3) is 0 Å². The van der Waals surface area contributed by atoms with Crippen LogP contribution in [0.5, 0.6) is 0 Å². The van der Waals surface area contributed by atoms with Gasteiger partial charge in [0.05, 0.1) is 0 Å². The van der Waals surface area contributed by atoms with Crippen molar-refractivity contribution >= 4 is 23.1 Å². The lowest BCUT2D eigenvalue weighted by Crippen LogP contribution is -2.54. The van der Waals surface area contributed by atoms with Gasteiger partial charge in [0.2, 0.25) is 0 Å². The van der Waals surface area contributed by atoms with E-state index in [2.05, 4.69) is 32.2 Å². The zero-order valence-corrected chi connectivity index (χ0v) is 13.8. The molecule has 1 saturated heterocycles. The number of nitrogens with one attached hydrogen (secondary N) is 1. The van der Waals surface area contributed by atoms with E-state index >= 15 is 0 Å². The first-order valence-corrected chi connectivity index (χ1v) is 8.92. The van der Waals surface area contributed by atoms with E-state index in [4.69, 9.17) is 12.2 Å². The van der Waals surface area contributed by atoms with Crippen molar-refractivity contribution in [3.63, 3.8) is 0 Å². The lowest BCUT2D eigenvalue weighted by atomic mass is 9.95. The molecular formula is C17H24N4S. The van der Waals surface area contributed by atoms with Gasteiger partial charge in [-0.15, -0.1) is 0 Å². The van der Waals surface area contributed by atoms with Gasteiger partial charge >= 0.3 is 0 Å². The molecule has 4 nitrogen and oxygen atoms in total. The van der Waals surface area contributed by atoms with E-state index in [-0.39, 0.29) is 0 Å². The predicted octanol–water partition coefficient (Wildman–Crippen LogP) is 2.27. The van der Waals surface area contributed by atoms with Crippen LogP contribution in [0.2, 0.25) is 0 Å². The minimum absolute atomic E-state index is 0.639. The molecule has 0 aromatic carbocycles. The van der Waals surface area contributed by atoms with Gasteiger partial charge in [0, 0.05) is 38.4 Å². The molecule has 0 radical (unpaired) electrons. The molecule has 1 aromatic heterocycles. The number of fused-ring (bicyclic) bond motifs is 2. The number of rotatable bonds is 2. The number of hydrogen-bond donors (Lipinski definition) is 1. The van der Waals surface area contributed by atoms with Crippen LogP contribution in [0.4, 0.5) is 5.82 Å². The number of pyridine rings is 1. The molecule has 0 spiro atoms. The third-order valence-corrected chi connectivity index (χ3v) is 5.96. The predicted molar refractivity (Wildman–Crippen MR) is 93.0 cm³/mol. The molecule has 22 heavy (non-hydrogen) atoms. The van der Waals surface area contributed by atoms with Crippen LogP contribution in [0, 0.1) is 11.8 Å². The Morgan fingerprint density at radius 3 is 2.64 bits per heavy atom. The Morgan fingerprint density at radius 2 is 2.00 bits per heavy atom. The maximum atomic E-state index is 5.66. The minimum atomic E-state index is 0.639.